The molecule has 3 nitrogen and oxygen atoms in total. The van der Waals surface area contributed by atoms with E-state index in [0.717, 1.165) is 5.52 Å². The van der Waals surface area contributed by atoms with Gasteiger partial charge in [-0.25, -0.2) is 0 Å². The van der Waals surface area contributed by atoms with Crippen LogP contribution in [0.15, 0.2) is 104 Å². The number of hydrogen-bond acceptors (Lipinski definition) is 3. The number of rotatable bonds is 0. The van der Waals surface area contributed by atoms with Crippen molar-refractivity contribution in [2.45, 2.75) is 0 Å². The molecule has 0 aliphatic carbocycles. The van der Waals surface area contributed by atoms with E-state index in [2.05, 4.69) is 27.1 Å². The number of pyridine rings is 3. The van der Waals surface area contributed by atoms with Gasteiger partial charge in [-0.2, -0.15) is 0 Å². The lowest BCUT2D eigenvalue weighted by molar-refractivity contribution is 1.33. The largest absolute Gasteiger partial charge is 0.265 e. The van der Waals surface area contributed by atoms with Gasteiger partial charge in [-0.1, -0.05) is 36.4 Å². The molecular formula is C19H17N3. The van der Waals surface area contributed by atoms with Crippen LogP contribution >= 0.6 is 0 Å². The SMILES string of the molecule is c1ccc2ncccc2c1.c1ccncc1.c1ccncc1. The first kappa shape index (κ1) is 15.3. The van der Waals surface area contributed by atoms with Crippen LogP contribution in [0.2, 0.25) is 0 Å². The molecule has 0 aliphatic heterocycles. The van der Waals surface area contributed by atoms with Crippen molar-refractivity contribution in [1.29, 1.82) is 0 Å². The van der Waals surface area contributed by atoms with Crippen LogP contribution in [0.1, 0.15) is 0 Å². The van der Waals surface area contributed by atoms with Gasteiger partial charge in [-0.15, -0.1) is 0 Å². The summed E-state index contributed by atoms with van der Waals surface area (Å²) in [6.45, 7) is 0. The van der Waals surface area contributed by atoms with Gasteiger partial charge in [0.25, 0.3) is 0 Å². The zero-order chi connectivity index (χ0) is 15.3. The number of hydrogen-bond donors (Lipinski definition) is 0. The number of aromatic nitrogens is 3. The number of benzene rings is 1. The lowest BCUT2D eigenvalue weighted by Crippen LogP contribution is -1.73. The Kier molecular flexibility index (Phi) is 6.81. The molecule has 3 aromatic heterocycles. The van der Waals surface area contributed by atoms with Gasteiger partial charge >= 0.3 is 0 Å². The Bertz CT molecular complexity index is 593. The highest BCUT2D eigenvalue weighted by Crippen LogP contribution is 2.07. The summed E-state index contributed by atoms with van der Waals surface area (Å²) in [5, 5.41) is 1.20. The summed E-state index contributed by atoms with van der Waals surface area (Å²) in [6.07, 6.45) is 8.81. The molecule has 108 valence electrons. The van der Waals surface area contributed by atoms with E-state index in [-0.39, 0.29) is 0 Å². The quantitative estimate of drug-likeness (QED) is 0.481. The van der Waals surface area contributed by atoms with Gasteiger partial charge in [-0.3, -0.25) is 15.0 Å². The van der Waals surface area contributed by atoms with E-state index in [9.17, 15) is 0 Å². The summed E-state index contributed by atoms with van der Waals surface area (Å²) in [5.41, 5.74) is 1.06. The first-order valence-corrected chi connectivity index (χ1v) is 6.96. The molecule has 0 fully saturated rings. The molecule has 4 aromatic rings. The third-order valence-electron chi connectivity index (χ3n) is 2.65. The molecule has 0 atom stereocenters. The second kappa shape index (κ2) is 9.77. The molecule has 0 N–H and O–H groups in total. The molecule has 1 aromatic carbocycles. The highest BCUT2D eigenvalue weighted by atomic mass is 14.6. The standard InChI is InChI=1S/C9H7N.2C5H5N/c1-2-6-9-8(4-1)5-3-7-10-9;2*1-2-4-6-5-3-1/h1-7H;2*1-5H. The molecule has 0 spiro atoms. The van der Waals surface area contributed by atoms with Crippen LogP contribution in [-0.2, 0) is 0 Å². The number of fused-ring (bicyclic) bond motifs is 1. The van der Waals surface area contributed by atoms with E-state index in [1.807, 2.05) is 66.9 Å². The number of para-hydroxylation sites is 1. The third-order valence-corrected chi connectivity index (χ3v) is 2.65. The highest BCUT2D eigenvalue weighted by molar-refractivity contribution is 5.77. The van der Waals surface area contributed by atoms with Crippen LogP contribution in [-0.4, -0.2) is 15.0 Å². The monoisotopic (exact) mass is 287 g/mol. The molecule has 4 rings (SSSR count). The summed E-state index contributed by atoms with van der Waals surface area (Å²) in [7, 11) is 0. The van der Waals surface area contributed by atoms with Crippen molar-refractivity contribution in [3.63, 3.8) is 0 Å². The lowest BCUT2D eigenvalue weighted by atomic mass is 10.2. The van der Waals surface area contributed by atoms with Crippen LogP contribution in [0.5, 0.6) is 0 Å². The zero-order valence-corrected chi connectivity index (χ0v) is 12.2. The minimum absolute atomic E-state index is 1.06. The Morgan fingerprint density at radius 2 is 1.00 bits per heavy atom. The lowest BCUT2D eigenvalue weighted by Gasteiger charge is -1.91. The van der Waals surface area contributed by atoms with E-state index in [4.69, 9.17) is 0 Å². The van der Waals surface area contributed by atoms with Crippen molar-refractivity contribution in [1.82, 2.24) is 15.0 Å². The van der Waals surface area contributed by atoms with E-state index >= 15 is 0 Å². The maximum atomic E-state index is 4.18. The minimum atomic E-state index is 1.06. The average Bonchev–Trinajstić information content (AvgIpc) is 2.66. The van der Waals surface area contributed by atoms with Gasteiger partial charge in [-0.05, 0) is 36.4 Å². The first-order valence-electron chi connectivity index (χ1n) is 6.96. The van der Waals surface area contributed by atoms with Crippen LogP contribution in [0.25, 0.3) is 10.9 Å². The van der Waals surface area contributed by atoms with Gasteiger partial charge in [0.05, 0.1) is 5.52 Å². The van der Waals surface area contributed by atoms with E-state index in [1.165, 1.54) is 5.39 Å². The van der Waals surface area contributed by atoms with Crippen molar-refractivity contribution < 1.29 is 0 Å². The molecule has 0 aliphatic rings. The molecule has 0 amide bonds. The van der Waals surface area contributed by atoms with E-state index in [1.54, 1.807) is 24.8 Å². The van der Waals surface area contributed by atoms with Gasteiger partial charge < -0.3 is 0 Å². The zero-order valence-electron chi connectivity index (χ0n) is 12.2. The minimum Gasteiger partial charge on any atom is -0.265 e. The summed E-state index contributed by atoms with van der Waals surface area (Å²) in [4.78, 5) is 11.8. The fraction of sp³-hybridized carbons (Fsp3) is 0. The Balaban J connectivity index is 0.000000128. The van der Waals surface area contributed by atoms with Crippen LogP contribution < -0.4 is 0 Å². The Morgan fingerprint density at radius 1 is 0.455 bits per heavy atom. The highest BCUT2D eigenvalue weighted by Gasteiger charge is 1.86. The summed E-state index contributed by atoms with van der Waals surface area (Å²) in [5.74, 6) is 0. The van der Waals surface area contributed by atoms with Crippen molar-refractivity contribution >= 4 is 10.9 Å². The maximum absolute atomic E-state index is 4.18. The normalized spacial score (nSPS) is 8.91. The fourth-order valence-corrected chi connectivity index (χ4v) is 1.64. The maximum Gasteiger partial charge on any atom is 0.0701 e. The molecule has 0 unspecified atom stereocenters. The molecule has 0 saturated heterocycles. The third kappa shape index (κ3) is 5.92. The van der Waals surface area contributed by atoms with Crippen molar-refractivity contribution in [3.05, 3.63) is 104 Å². The predicted octanol–water partition coefficient (Wildman–Crippen LogP) is 4.40. The Hall–Kier alpha value is -3.07. The topological polar surface area (TPSA) is 38.7 Å². The van der Waals surface area contributed by atoms with Crippen molar-refractivity contribution in [3.8, 4) is 0 Å². The van der Waals surface area contributed by atoms with Crippen molar-refractivity contribution in [2.24, 2.45) is 0 Å². The fourth-order valence-electron chi connectivity index (χ4n) is 1.64. The number of nitrogens with zero attached hydrogens (tertiary/aromatic N) is 3. The molecular weight excluding hydrogens is 270 g/mol. The van der Waals surface area contributed by atoms with Crippen LogP contribution in [0, 0.1) is 0 Å². The van der Waals surface area contributed by atoms with E-state index < -0.39 is 0 Å². The Labute approximate surface area is 130 Å². The van der Waals surface area contributed by atoms with Gasteiger partial charge in [0.15, 0.2) is 0 Å². The second-order valence-electron chi connectivity index (χ2n) is 4.25. The molecule has 0 bridgehead atoms. The van der Waals surface area contributed by atoms with Gasteiger partial charge in [0.1, 0.15) is 0 Å². The van der Waals surface area contributed by atoms with E-state index in [0.29, 0.717) is 0 Å². The molecule has 3 heterocycles. The smallest absolute Gasteiger partial charge is 0.0701 e. The van der Waals surface area contributed by atoms with Crippen molar-refractivity contribution in [2.75, 3.05) is 0 Å². The van der Waals surface area contributed by atoms with Gasteiger partial charge in [0, 0.05) is 36.4 Å². The Morgan fingerprint density at radius 3 is 1.45 bits per heavy atom. The second-order valence-corrected chi connectivity index (χ2v) is 4.25. The molecule has 22 heavy (non-hydrogen) atoms. The summed E-state index contributed by atoms with van der Waals surface area (Å²) >= 11 is 0. The van der Waals surface area contributed by atoms with Crippen LogP contribution in [0.3, 0.4) is 0 Å². The molecule has 0 saturated carbocycles. The predicted molar refractivity (Wildman–Crippen MR) is 90.2 cm³/mol. The molecule has 0 radical (unpaired) electrons. The first-order chi connectivity index (χ1) is 11.0. The summed E-state index contributed by atoms with van der Waals surface area (Å²) < 4.78 is 0. The van der Waals surface area contributed by atoms with Gasteiger partial charge in [0.2, 0.25) is 0 Å². The summed E-state index contributed by atoms with van der Waals surface area (Å²) in [6, 6.07) is 23.5. The van der Waals surface area contributed by atoms with Crippen LogP contribution in [0.4, 0.5) is 0 Å². The molecule has 3 heteroatoms. The average molecular weight is 287 g/mol.